The van der Waals surface area contributed by atoms with Crippen LogP contribution in [0.25, 0.3) is 0 Å². The first-order valence-electron chi connectivity index (χ1n) is 9.36. The number of nitrogens with zero attached hydrogens (tertiary/aromatic N) is 2. The molecule has 1 aliphatic heterocycles. The number of likely N-dealkylation sites (N-methyl/N-ethyl adjacent to an activating group) is 1. The largest absolute Gasteiger partial charge is 0.298 e. The number of anilines is 1. The van der Waals surface area contributed by atoms with Gasteiger partial charge < -0.3 is 0 Å². The molecule has 0 unspecified atom stereocenters. The highest BCUT2D eigenvalue weighted by molar-refractivity contribution is 7.15. The molecular formula is C22H22ClN3O2S. The predicted molar refractivity (Wildman–Crippen MR) is 118 cm³/mol. The van der Waals surface area contributed by atoms with Crippen molar-refractivity contribution in [3.63, 3.8) is 0 Å². The number of hydrogen-bond donors (Lipinski definition) is 1. The van der Waals surface area contributed by atoms with Crippen LogP contribution in [0.15, 0.2) is 54.6 Å². The molecule has 4 rings (SSSR count). The summed E-state index contributed by atoms with van der Waals surface area (Å²) >= 11 is 1.54. The van der Waals surface area contributed by atoms with Crippen molar-refractivity contribution in [3.8, 4) is 0 Å². The lowest BCUT2D eigenvalue weighted by Gasteiger charge is -2.23. The maximum absolute atomic E-state index is 12.6. The van der Waals surface area contributed by atoms with Gasteiger partial charge in [0.05, 0.1) is 5.69 Å². The summed E-state index contributed by atoms with van der Waals surface area (Å²) in [5.74, 6) is -0.266. The maximum Gasteiger partial charge on any atom is 0.257 e. The third-order valence-corrected chi connectivity index (χ3v) is 5.92. The second-order valence-corrected chi connectivity index (χ2v) is 7.82. The van der Waals surface area contributed by atoms with Crippen molar-refractivity contribution in [1.29, 1.82) is 0 Å². The Morgan fingerprint density at radius 3 is 2.38 bits per heavy atom. The van der Waals surface area contributed by atoms with Gasteiger partial charge in [-0.1, -0.05) is 49.4 Å². The number of carbonyl (C=O) groups is 2. The number of nitrogens with one attached hydrogen (secondary N) is 1. The van der Waals surface area contributed by atoms with Gasteiger partial charge in [0.1, 0.15) is 0 Å². The summed E-state index contributed by atoms with van der Waals surface area (Å²) < 4.78 is 0. The molecule has 0 fully saturated rings. The van der Waals surface area contributed by atoms with Crippen LogP contribution in [-0.2, 0) is 13.0 Å². The molecule has 0 saturated heterocycles. The van der Waals surface area contributed by atoms with Gasteiger partial charge in [0, 0.05) is 41.1 Å². The summed E-state index contributed by atoms with van der Waals surface area (Å²) in [6, 6.07) is 15.9. The number of amides is 1. The van der Waals surface area contributed by atoms with Crippen molar-refractivity contribution in [2.45, 2.75) is 19.9 Å². The van der Waals surface area contributed by atoms with Crippen LogP contribution in [0.2, 0.25) is 0 Å². The normalized spacial score (nSPS) is 13.3. The lowest BCUT2D eigenvalue weighted by atomic mass is 10.0. The third kappa shape index (κ3) is 4.72. The van der Waals surface area contributed by atoms with Gasteiger partial charge in [-0.3, -0.25) is 19.8 Å². The Bertz CT molecular complexity index is 1000. The van der Waals surface area contributed by atoms with Crippen LogP contribution < -0.4 is 5.32 Å². The fraction of sp³-hybridized carbons (Fsp3) is 0.227. The van der Waals surface area contributed by atoms with Crippen molar-refractivity contribution >= 4 is 40.6 Å². The Kier molecular flexibility index (Phi) is 6.79. The number of fused-ring (bicyclic) bond motifs is 1. The highest BCUT2D eigenvalue weighted by Gasteiger charge is 2.20. The van der Waals surface area contributed by atoms with E-state index in [1.807, 2.05) is 18.2 Å². The molecule has 0 atom stereocenters. The van der Waals surface area contributed by atoms with Crippen LogP contribution in [0.5, 0.6) is 0 Å². The molecule has 1 N–H and O–H groups in total. The number of halogens is 1. The minimum atomic E-state index is -0.211. The summed E-state index contributed by atoms with van der Waals surface area (Å²) in [4.78, 5) is 33.2. The molecule has 2 heterocycles. The zero-order valence-electron chi connectivity index (χ0n) is 16.1. The van der Waals surface area contributed by atoms with Gasteiger partial charge >= 0.3 is 0 Å². The lowest BCUT2D eigenvalue weighted by Crippen LogP contribution is -2.29. The second kappa shape index (κ2) is 9.31. The number of rotatable bonds is 5. The van der Waals surface area contributed by atoms with E-state index >= 15 is 0 Å². The van der Waals surface area contributed by atoms with Crippen molar-refractivity contribution in [2.24, 2.45) is 0 Å². The molecule has 3 aromatic rings. The van der Waals surface area contributed by atoms with E-state index in [1.54, 1.807) is 47.7 Å². The zero-order valence-corrected chi connectivity index (χ0v) is 17.7. The smallest absolute Gasteiger partial charge is 0.257 e. The molecule has 1 amide bonds. The maximum atomic E-state index is 12.6. The number of aromatic nitrogens is 1. The zero-order chi connectivity index (χ0) is 19.5. The Labute approximate surface area is 180 Å². The summed E-state index contributed by atoms with van der Waals surface area (Å²) in [6.07, 6.45) is 0.922. The van der Waals surface area contributed by atoms with Crippen LogP contribution in [0.1, 0.15) is 43.8 Å². The second-order valence-electron chi connectivity index (χ2n) is 6.73. The first kappa shape index (κ1) is 21.2. The van der Waals surface area contributed by atoms with Gasteiger partial charge in [0.15, 0.2) is 10.9 Å². The quantitative estimate of drug-likeness (QED) is 0.612. The fourth-order valence-electron chi connectivity index (χ4n) is 3.27. The molecule has 0 spiro atoms. The van der Waals surface area contributed by atoms with E-state index in [1.165, 1.54) is 4.88 Å². The summed E-state index contributed by atoms with van der Waals surface area (Å²) in [5.41, 5.74) is 2.79. The van der Waals surface area contributed by atoms with E-state index in [-0.39, 0.29) is 24.1 Å². The van der Waals surface area contributed by atoms with Crippen LogP contribution in [0, 0.1) is 0 Å². The molecule has 0 saturated carbocycles. The molecule has 0 radical (unpaired) electrons. The highest BCUT2D eigenvalue weighted by Crippen LogP contribution is 2.28. The van der Waals surface area contributed by atoms with Crippen LogP contribution in [0.3, 0.4) is 0 Å². The predicted octanol–water partition coefficient (Wildman–Crippen LogP) is 4.43. The number of carbonyl (C=O) groups excluding carboxylic acids is 2. The van der Waals surface area contributed by atoms with Gasteiger partial charge in [-0.2, -0.15) is 0 Å². The van der Waals surface area contributed by atoms with Gasteiger partial charge in [-0.05, 0) is 18.7 Å². The minimum absolute atomic E-state index is 0. The van der Waals surface area contributed by atoms with E-state index in [2.05, 4.69) is 22.1 Å². The molecule has 2 aromatic carbocycles. The van der Waals surface area contributed by atoms with Crippen molar-refractivity contribution < 1.29 is 9.59 Å². The molecular weight excluding hydrogens is 406 g/mol. The highest BCUT2D eigenvalue weighted by atomic mass is 35.5. The average Bonchev–Trinajstić information content (AvgIpc) is 3.15. The van der Waals surface area contributed by atoms with Crippen LogP contribution in [-0.4, -0.2) is 34.7 Å². The van der Waals surface area contributed by atoms with Gasteiger partial charge in [-0.25, -0.2) is 4.98 Å². The monoisotopic (exact) mass is 427 g/mol. The first-order valence-corrected chi connectivity index (χ1v) is 10.2. The van der Waals surface area contributed by atoms with Gasteiger partial charge in [0.2, 0.25) is 0 Å². The van der Waals surface area contributed by atoms with E-state index in [0.29, 0.717) is 21.8 Å². The standard InChI is InChI=1S/C22H21N3O2S.ClH/c1-2-25-13-12-18-19(14-25)28-22(23-18)24-21(27)17-10-8-16(9-11-17)20(26)15-6-4-3-5-7-15;/h3-11H,2,12-14H2,1H3,(H,23,24,27);1H. The van der Waals surface area contributed by atoms with Gasteiger partial charge in [-0.15, -0.1) is 23.7 Å². The molecule has 0 bridgehead atoms. The third-order valence-electron chi connectivity index (χ3n) is 4.92. The first-order chi connectivity index (χ1) is 13.6. The molecule has 29 heavy (non-hydrogen) atoms. The van der Waals surface area contributed by atoms with E-state index < -0.39 is 0 Å². The van der Waals surface area contributed by atoms with Crippen molar-refractivity contribution in [2.75, 3.05) is 18.4 Å². The Balaban J connectivity index is 0.00000240. The number of thiazole rings is 1. The summed E-state index contributed by atoms with van der Waals surface area (Å²) in [5, 5.41) is 3.53. The van der Waals surface area contributed by atoms with E-state index in [9.17, 15) is 9.59 Å². The van der Waals surface area contributed by atoms with Crippen molar-refractivity contribution in [1.82, 2.24) is 9.88 Å². The molecule has 1 aromatic heterocycles. The molecule has 7 heteroatoms. The van der Waals surface area contributed by atoms with E-state index in [0.717, 1.165) is 31.7 Å². The average molecular weight is 428 g/mol. The SMILES string of the molecule is CCN1CCc2nc(NC(=O)c3ccc(C(=O)c4ccccc4)cc3)sc2C1.Cl. The number of benzene rings is 2. The van der Waals surface area contributed by atoms with Crippen LogP contribution in [0.4, 0.5) is 5.13 Å². The van der Waals surface area contributed by atoms with Crippen molar-refractivity contribution in [3.05, 3.63) is 81.9 Å². The van der Waals surface area contributed by atoms with Crippen LogP contribution >= 0.6 is 23.7 Å². The Morgan fingerprint density at radius 1 is 1.03 bits per heavy atom. The molecule has 150 valence electrons. The fourth-order valence-corrected chi connectivity index (χ4v) is 4.32. The summed E-state index contributed by atoms with van der Waals surface area (Å²) in [7, 11) is 0. The van der Waals surface area contributed by atoms with Gasteiger partial charge in [0.25, 0.3) is 5.91 Å². The topological polar surface area (TPSA) is 62.3 Å². The minimum Gasteiger partial charge on any atom is -0.298 e. The number of hydrogen-bond acceptors (Lipinski definition) is 5. The molecule has 5 nitrogen and oxygen atoms in total. The molecule has 0 aliphatic carbocycles. The number of ketones is 1. The Morgan fingerprint density at radius 2 is 1.69 bits per heavy atom. The Hall–Kier alpha value is -2.54. The lowest BCUT2D eigenvalue weighted by molar-refractivity contribution is 0.102. The molecule has 1 aliphatic rings. The summed E-state index contributed by atoms with van der Waals surface area (Å²) in [6.45, 7) is 5.08. The van der Waals surface area contributed by atoms with E-state index in [4.69, 9.17) is 0 Å².